The van der Waals surface area contributed by atoms with Gasteiger partial charge in [0.1, 0.15) is 5.75 Å². The van der Waals surface area contributed by atoms with Gasteiger partial charge in [-0.15, -0.1) is 0 Å². The van der Waals surface area contributed by atoms with Gasteiger partial charge < -0.3 is 15.0 Å². The molecule has 0 spiro atoms. The van der Waals surface area contributed by atoms with E-state index >= 15 is 0 Å². The molecule has 0 saturated carbocycles. The van der Waals surface area contributed by atoms with Crippen molar-refractivity contribution in [2.24, 2.45) is 0 Å². The number of methoxy groups -OCH3 is 1. The molecule has 0 fully saturated rings. The van der Waals surface area contributed by atoms with E-state index in [0.29, 0.717) is 12.1 Å². The summed E-state index contributed by atoms with van der Waals surface area (Å²) < 4.78 is 6.15. The number of hydrogen-bond acceptors (Lipinski definition) is 3. The minimum atomic E-state index is -0.281. The molecule has 0 heterocycles. The van der Waals surface area contributed by atoms with Gasteiger partial charge in [0.15, 0.2) is 0 Å². The van der Waals surface area contributed by atoms with Gasteiger partial charge in [-0.25, -0.2) is 0 Å². The van der Waals surface area contributed by atoms with E-state index in [0.717, 1.165) is 21.3 Å². The lowest BCUT2D eigenvalue weighted by Crippen LogP contribution is -2.37. The fraction of sp³-hybridized carbons (Fsp3) is 0.263. The molecule has 0 aliphatic heterocycles. The molecule has 0 unspecified atom stereocenters. The largest absolute Gasteiger partial charge is 0.496 e. The Bertz CT molecular complexity index is 777. The summed E-state index contributed by atoms with van der Waals surface area (Å²) in [6, 6.07) is 12.9. The Labute approximate surface area is 156 Å². The molecular formula is C19H21BrN2O3. The summed E-state index contributed by atoms with van der Waals surface area (Å²) in [5.41, 5.74) is 2.53. The maximum Gasteiger partial charge on any atom is 0.251 e. The van der Waals surface area contributed by atoms with Crippen molar-refractivity contribution in [3.63, 3.8) is 0 Å². The highest BCUT2D eigenvalue weighted by Crippen LogP contribution is 2.21. The quantitative estimate of drug-likeness (QED) is 0.804. The van der Waals surface area contributed by atoms with E-state index in [1.807, 2.05) is 31.2 Å². The van der Waals surface area contributed by atoms with E-state index in [9.17, 15) is 9.59 Å². The molecule has 1 N–H and O–H groups in total. The molecule has 2 aromatic carbocycles. The van der Waals surface area contributed by atoms with Crippen LogP contribution in [0.1, 0.15) is 21.5 Å². The van der Waals surface area contributed by atoms with Gasteiger partial charge in [0, 0.05) is 29.2 Å². The topological polar surface area (TPSA) is 58.6 Å². The number of rotatable bonds is 6. The lowest BCUT2D eigenvalue weighted by molar-refractivity contribution is -0.129. The predicted octanol–water partition coefficient (Wildman–Crippen LogP) is 3.15. The SMILES string of the molecule is COc1ccc(C)cc1CN(C)C(=O)CNC(=O)c1cccc(Br)c1. The molecule has 6 heteroatoms. The van der Waals surface area contributed by atoms with Crippen molar-refractivity contribution in [2.75, 3.05) is 20.7 Å². The number of halogens is 1. The molecule has 2 aromatic rings. The number of hydrogen-bond donors (Lipinski definition) is 1. The molecule has 2 rings (SSSR count). The zero-order valence-corrected chi connectivity index (χ0v) is 16.1. The molecule has 132 valence electrons. The summed E-state index contributed by atoms with van der Waals surface area (Å²) in [6.07, 6.45) is 0. The van der Waals surface area contributed by atoms with Crippen molar-refractivity contribution >= 4 is 27.7 Å². The highest BCUT2D eigenvalue weighted by Gasteiger charge is 2.14. The van der Waals surface area contributed by atoms with Crippen molar-refractivity contribution in [3.8, 4) is 5.75 Å². The Balaban J connectivity index is 1.94. The monoisotopic (exact) mass is 404 g/mol. The van der Waals surface area contributed by atoms with E-state index < -0.39 is 0 Å². The number of aryl methyl sites for hydroxylation is 1. The van der Waals surface area contributed by atoms with Crippen LogP contribution in [0.25, 0.3) is 0 Å². The summed E-state index contributed by atoms with van der Waals surface area (Å²) in [4.78, 5) is 26.0. The normalized spacial score (nSPS) is 10.2. The molecule has 0 aliphatic rings. The Morgan fingerprint density at radius 3 is 2.64 bits per heavy atom. The minimum Gasteiger partial charge on any atom is -0.496 e. The van der Waals surface area contributed by atoms with Crippen molar-refractivity contribution in [3.05, 3.63) is 63.6 Å². The van der Waals surface area contributed by atoms with Crippen molar-refractivity contribution < 1.29 is 14.3 Å². The zero-order chi connectivity index (χ0) is 18.4. The van der Waals surface area contributed by atoms with E-state index in [2.05, 4.69) is 21.2 Å². The van der Waals surface area contributed by atoms with Crippen molar-refractivity contribution in [1.29, 1.82) is 0 Å². The van der Waals surface area contributed by atoms with Gasteiger partial charge in [0.25, 0.3) is 5.91 Å². The zero-order valence-electron chi connectivity index (χ0n) is 14.5. The number of likely N-dealkylation sites (N-methyl/N-ethyl adjacent to an activating group) is 1. The maximum absolute atomic E-state index is 12.3. The first-order chi connectivity index (χ1) is 11.9. The second kappa shape index (κ2) is 8.67. The molecular weight excluding hydrogens is 384 g/mol. The lowest BCUT2D eigenvalue weighted by Gasteiger charge is -2.19. The molecule has 0 aromatic heterocycles. The Morgan fingerprint density at radius 2 is 1.96 bits per heavy atom. The summed E-state index contributed by atoms with van der Waals surface area (Å²) in [5, 5.41) is 2.65. The first-order valence-electron chi connectivity index (χ1n) is 7.82. The predicted molar refractivity (Wildman–Crippen MR) is 101 cm³/mol. The van der Waals surface area contributed by atoms with Crippen LogP contribution in [0.5, 0.6) is 5.75 Å². The van der Waals surface area contributed by atoms with Crippen LogP contribution in [0.4, 0.5) is 0 Å². The Kier molecular flexibility index (Phi) is 6.58. The molecule has 0 bridgehead atoms. The van der Waals surface area contributed by atoms with Gasteiger partial charge in [-0.3, -0.25) is 9.59 Å². The van der Waals surface area contributed by atoms with Crippen LogP contribution in [0, 0.1) is 6.92 Å². The number of amides is 2. The van der Waals surface area contributed by atoms with Crippen LogP contribution in [0.2, 0.25) is 0 Å². The fourth-order valence-corrected chi connectivity index (χ4v) is 2.80. The third-order valence-corrected chi connectivity index (χ3v) is 4.25. The average molecular weight is 405 g/mol. The summed E-state index contributed by atoms with van der Waals surface area (Å²) >= 11 is 3.32. The van der Waals surface area contributed by atoms with E-state index in [-0.39, 0.29) is 18.4 Å². The third kappa shape index (κ3) is 5.32. The van der Waals surface area contributed by atoms with E-state index in [4.69, 9.17) is 4.74 Å². The van der Waals surface area contributed by atoms with Crippen LogP contribution in [-0.4, -0.2) is 37.4 Å². The Morgan fingerprint density at radius 1 is 1.20 bits per heavy atom. The first kappa shape index (κ1) is 19.0. The molecule has 25 heavy (non-hydrogen) atoms. The average Bonchev–Trinajstić information content (AvgIpc) is 2.59. The maximum atomic E-state index is 12.3. The number of benzene rings is 2. The molecule has 0 aliphatic carbocycles. The molecule has 5 nitrogen and oxygen atoms in total. The van der Waals surface area contributed by atoms with Gasteiger partial charge in [-0.1, -0.05) is 39.7 Å². The van der Waals surface area contributed by atoms with Gasteiger partial charge in [-0.2, -0.15) is 0 Å². The van der Waals surface area contributed by atoms with Crippen LogP contribution in [-0.2, 0) is 11.3 Å². The fourth-order valence-electron chi connectivity index (χ4n) is 2.40. The second-order valence-electron chi connectivity index (χ2n) is 5.76. The smallest absolute Gasteiger partial charge is 0.251 e. The number of nitrogens with one attached hydrogen (secondary N) is 1. The Hall–Kier alpha value is -2.34. The molecule has 0 atom stereocenters. The highest BCUT2D eigenvalue weighted by atomic mass is 79.9. The summed E-state index contributed by atoms with van der Waals surface area (Å²) in [5.74, 6) is 0.284. The number of carbonyl (C=O) groups excluding carboxylic acids is 2. The molecule has 0 saturated heterocycles. The van der Waals surface area contributed by atoms with E-state index in [1.54, 1.807) is 37.3 Å². The number of carbonyl (C=O) groups is 2. The van der Waals surface area contributed by atoms with E-state index in [1.165, 1.54) is 0 Å². The second-order valence-corrected chi connectivity index (χ2v) is 6.67. The van der Waals surface area contributed by atoms with Crippen molar-refractivity contribution in [1.82, 2.24) is 10.2 Å². The van der Waals surface area contributed by atoms with Gasteiger partial charge >= 0.3 is 0 Å². The van der Waals surface area contributed by atoms with Gasteiger partial charge in [-0.05, 0) is 31.2 Å². The first-order valence-corrected chi connectivity index (χ1v) is 8.61. The number of ether oxygens (including phenoxy) is 1. The third-order valence-electron chi connectivity index (χ3n) is 3.76. The minimum absolute atomic E-state index is 0.0595. The van der Waals surface area contributed by atoms with Gasteiger partial charge in [0.05, 0.1) is 13.7 Å². The van der Waals surface area contributed by atoms with Crippen LogP contribution in [0.3, 0.4) is 0 Å². The molecule has 0 radical (unpaired) electrons. The molecule has 2 amide bonds. The lowest BCUT2D eigenvalue weighted by atomic mass is 10.1. The van der Waals surface area contributed by atoms with Gasteiger partial charge in [0.2, 0.25) is 5.91 Å². The van der Waals surface area contributed by atoms with Crippen molar-refractivity contribution in [2.45, 2.75) is 13.5 Å². The number of nitrogens with zero attached hydrogens (tertiary/aromatic N) is 1. The van der Waals surface area contributed by atoms with Crippen LogP contribution < -0.4 is 10.1 Å². The van der Waals surface area contributed by atoms with Crippen LogP contribution in [0.15, 0.2) is 46.9 Å². The summed E-state index contributed by atoms with van der Waals surface area (Å²) in [7, 11) is 3.31. The van der Waals surface area contributed by atoms with Crippen LogP contribution >= 0.6 is 15.9 Å². The summed E-state index contributed by atoms with van der Waals surface area (Å²) in [6.45, 7) is 2.34. The highest BCUT2D eigenvalue weighted by molar-refractivity contribution is 9.10. The standard InChI is InChI=1S/C19H21BrN2O3/c1-13-7-8-17(25-3)15(9-13)12-22(2)18(23)11-21-19(24)14-5-4-6-16(20)10-14/h4-10H,11-12H2,1-3H3,(H,21,24).